The minimum Gasteiger partial charge on any atom is -0.497 e. The van der Waals surface area contributed by atoms with Crippen molar-refractivity contribution >= 4 is 21.6 Å². The Hall–Kier alpha value is -2.65. The summed E-state index contributed by atoms with van der Waals surface area (Å²) in [5, 5.41) is 2.66. The topological polar surface area (TPSA) is 84.9 Å². The van der Waals surface area contributed by atoms with Gasteiger partial charge in [-0.2, -0.15) is 4.31 Å². The number of hydrogen-bond acceptors (Lipinski definition) is 5. The third kappa shape index (κ3) is 4.06. The highest BCUT2D eigenvalue weighted by atomic mass is 32.2. The lowest BCUT2D eigenvalue weighted by Crippen LogP contribution is -2.43. The molecule has 0 spiro atoms. The molecule has 0 saturated carbocycles. The number of anilines is 1. The average Bonchev–Trinajstić information content (AvgIpc) is 3.22. The lowest BCUT2D eigenvalue weighted by atomic mass is 10.1. The van der Waals surface area contributed by atoms with Gasteiger partial charge in [-0.15, -0.1) is 0 Å². The number of halogens is 1. The first-order valence-electron chi connectivity index (χ1n) is 9.09. The van der Waals surface area contributed by atoms with Gasteiger partial charge in [0, 0.05) is 23.9 Å². The number of ether oxygens (including phenoxy) is 2. The molecule has 0 aliphatic carbocycles. The molecule has 1 amide bonds. The van der Waals surface area contributed by atoms with E-state index >= 15 is 0 Å². The molecule has 1 heterocycles. The van der Waals surface area contributed by atoms with Crippen molar-refractivity contribution in [3.63, 3.8) is 0 Å². The summed E-state index contributed by atoms with van der Waals surface area (Å²) in [5.74, 6) is -0.417. The second-order valence-corrected chi connectivity index (χ2v) is 8.55. The van der Waals surface area contributed by atoms with Crippen LogP contribution >= 0.6 is 0 Å². The summed E-state index contributed by atoms with van der Waals surface area (Å²) in [6.45, 7) is 1.75. The number of carbonyl (C=O) groups is 1. The lowest BCUT2D eigenvalue weighted by molar-refractivity contribution is -0.119. The standard InChI is InChI=1S/C20H23FN2O5S/c1-13-15(21)6-4-7-16(13)22-20(24)17-8-5-11-23(17)29(25,26)19-12-14(27-2)9-10-18(19)28-3/h4,6-7,9-10,12,17H,5,8,11H2,1-3H3,(H,22,24)/t17-/m1/s1. The highest BCUT2D eigenvalue weighted by Crippen LogP contribution is 2.34. The van der Waals surface area contributed by atoms with Crippen molar-refractivity contribution in [2.24, 2.45) is 0 Å². The number of amides is 1. The number of hydrogen-bond donors (Lipinski definition) is 1. The van der Waals surface area contributed by atoms with E-state index in [0.29, 0.717) is 29.8 Å². The van der Waals surface area contributed by atoms with Gasteiger partial charge < -0.3 is 14.8 Å². The Morgan fingerprint density at radius 3 is 2.66 bits per heavy atom. The summed E-state index contributed by atoms with van der Waals surface area (Å²) in [5.41, 5.74) is 0.612. The summed E-state index contributed by atoms with van der Waals surface area (Å²) < 4.78 is 51.9. The molecule has 0 radical (unpaired) electrons. The summed E-state index contributed by atoms with van der Waals surface area (Å²) in [4.78, 5) is 12.8. The van der Waals surface area contributed by atoms with Crippen molar-refractivity contribution in [1.29, 1.82) is 0 Å². The van der Waals surface area contributed by atoms with Crippen LogP contribution in [-0.4, -0.2) is 45.4 Å². The normalized spacial score (nSPS) is 17.2. The highest BCUT2D eigenvalue weighted by Gasteiger charge is 2.41. The average molecular weight is 422 g/mol. The molecule has 7 nitrogen and oxygen atoms in total. The molecule has 1 saturated heterocycles. The first-order valence-corrected chi connectivity index (χ1v) is 10.5. The summed E-state index contributed by atoms with van der Waals surface area (Å²) in [7, 11) is -1.21. The highest BCUT2D eigenvalue weighted by molar-refractivity contribution is 7.89. The maximum absolute atomic E-state index is 13.8. The van der Waals surface area contributed by atoms with Gasteiger partial charge in [-0.1, -0.05) is 6.07 Å². The monoisotopic (exact) mass is 422 g/mol. The van der Waals surface area contributed by atoms with Crippen molar-refractivity contribution in [2.45, 2.75) is 30.7 Å². The molecule has 2 aromatic carbocycles. The van der Waals surface area contributed by atoms with Gasteiger partial charge in [0.15, 0.2) is 0 Å². The van der Waals surface area contributed by atoms with E-state index in [2.05, 4.69) is 5.32 Å². The summed E-state index contributed by atoms with van der Waals surface area (Å²) in [6, 6.07) is 7.94. The smallest absolute Gasteiger partial charge is 0.247 e. The van der Waals surface area contributed by atoms with Gasteiger partial charge in [0.1, 0.15) is 28.3 Å². The third-order valence-corrected chi connectivity index (χ3v) is 6.92. The van der Waals surface area contributed by atoms with Crippen LogP contribution in [0.2, 0.25) is 0 Å². The number of nitrogens with zero attached hydrogens (tertiary/aromatic N) is 1. The Bertz CT molecular complexity index is 1030. The molecule has 0 aromatic heterocycles. The van der Waals surface area contributed by atoms with E-state index in [-0.39, 0.29) is 17.2 Å². The zero-order chi connectivity index (χ0) is 21.2. The maximum atomic E-state index is 13.8. The first kappa shape index (κ1) is 21.1. The van der Waals surface area contributed by atoms with Gasteiger partial charge in [-0.3, -0.25) is 4.79 Å². The van der Waals surface area contributed by atoms with Gasteiger partial charge in [-0.05, 0) is 44.0 Å². The van der Waals surface area contributed by atoms with E-state index < -0.39 is 27.8 Å². The predicted molar refractivity (Wildman–Crippen MR) is 106 cm³/mol. The quantitative estimate of drug-likeness (QED) is 0.774. The van der Waals surface area contributed by atoms with Crippen LogP contribution in [0.3, 0.4) is 0 Å². The minimum absolute atomic E-state index is 0.0685. The van der Waals surface area contributed by atoms with Crippen molar-refractivity contribution in [3.05, 3.63) is 47.8 Å². The summed E-state index contributed by atoms with van der Waals surface area (Å²) in [6.07, 6.45) is 0.900. The van der Waals surface area contributed by atoms with Crippen LogP contribution in [0.1, 0.15) is 18.4 Å². The largest absolute Gasteiger partial charge is 0.497 e. The van der Waals surface area contributed by atoms with E-state index in [0.717, 1.165) is 4.31 Å². The van der Waals surface area contributed by atoms with E-state index in [4.69, 9.17) is 9.47 Å². The van der Waals surface area contributed by atoms with E-state index in [1.807, 2.05) is 0 Å². The van der Waals surface area contributed by atoms with E-state index in [1.54, 1.807) is 19.1 Å². The van der Waals surface area contributed by atoms with Crippen LogP contribution in [0.15, 0.2) is 41.3 Å². The maximum Gasteiger partial charge on any atom is 0.247 e. The molecule has 9 heteroatoms. The number of benzene rings is 2. The number of methoxy groups -OCH3 is 2. The van der Waals surface area contributed by atoms with Crippen LogP contribution in [0, 0.1) is 12.7 Å². The molecular weight excluding hydrogens is 399 g/mol. The van der Waals surface area contributed by atoms with Crippen LogP contribution in [-0.2, 0) is 14.8 Å². The summed E-state index contributed by atoms with van der Waals surface area (Å²) >= 11 is 0. The number of rotatable bonds is 6. The van der Waals surface area contributed by atoms with E-state index in [1.165, 1.54) is 38.5 Å². The van der Waals surface area contributed by atoms with Gasteiger partial charge in [0.25, 0.3) is 0 Å². The van der Waals surface area contributed by atoms with Crippen molar-refractivity contribution in [3.8, 4) is 11.5 Å². The zero-order valence-electron chi connectivity index (χ0n) is 16.4. The number of nitrogens with one attached hydrogen (secondary N) is 1. The Morgan fingerprint density at radius 2 is 1.97 bits per heavy atom. The van der Waals surface area contributed by atoms with Crippen molar-refractivity contribution < 1.29 is 27.1 Å². The second-order valence-electron chi connectivity index (χ2n) is 6.69. The molecular formula is C20H23FN2O5S. The Kier molecular flexibility index (Phi) is 6.09. The molecule has 1 aliphatic heterocycles. The molecule has 156 valence electrons. The third-order valence-electron chi connectivity index (χ3n) is 4.99. The van der Waals surface area contributed by atoms with Crippen molar-refractivity contribution in [1.82, 2.24) is 4.31 Å². The fourth-order valence-corrected chi connectivity index (χ4v) is 5.19. The fraction of sp³-hybridized carbons (Fsp3) is 0.350. The van der Waals surface area contributed by atoms with Gasteiger partial charge in [0.2, 0.25) is 15.9 Å². The molecule has 1 N–H and O–H groups in total. The van der Waals surface area contributed by atoms with Crippen LogP contribution in [0.5, 0.6) is 11.5 Å². The van der Waals surface area contributed by atoms with E-state index in [9.17, 15) is 17.6 Å². The SMILES string of the molecule is COc1ccc(OC)c(S(=O)(=O)N2CCC[C@@H]2C(=O)Nc2cccc(F)c2C)c1. The molecule has 3 rings (SSSR count). The van der Waals surface area contributed by atoms with Crippen LogP contribution in [0.4, 0.5) is 10.1 Å². The fourth-order valence-electron chi connectivity index (χ4n) is 3.36. The molecule has 1 fully saturated rings. The number of carbonyl (C=O) groups excluding carboxylic acids is 1. The van der Waals surface area contributed by atoms with Gasteiger partial charge >= 0.3 is 0 Å². The Morgan fingerprint density at radius 1 is 1.21 bits per heavy atom. The van der Waals surface area contributed by atoms with Gasteiger partial charge in [-0.25, -0.2) is 12.8 Å². The van der Waals surface area contributed by atoms with Crippen LogP contribution < -0.4 is 14.8 Å². The van der Waals surface area contributed by atoms with Gasteiger partial charge in [0.05, 0.1) is 14.2 Å². The minimum atomic E-state index is -4.03. The Balaban J connectivity index is 1.92. The molecule has 2 aromatic rings. The molecule has 0 unspecified atom stereocenters. The number of sulfonamides is 1. The second kappa shape index (κ2) is 8.38. The molecule has 29 heavy (non-hydrogen) atoms. The zero-order valence-corrected chi connectivity index (χ0v) is 17.3. The molecule has 0 bridgehead atoms. The first-order chi connectivity index (χ1) is 13.8. The molecule has 1 atom stereocenters. The predicted octanol–water partition coefficient (Wildman–Crippen LogP) is 2.94. The van der Waals surface area contributed by atoms with Crippen molar-refractivity contribution in [2.75, 3.05) is 26.1 Å². The molecule has 1 aliphatic rings. The lowest BCUT2D eigenvalue weighted by Gasteiger charge is -2.24. The van der Waals surface area contributed by atoms with Crippen LogP contribution in [0.25, 0.3) is 0 Å². The Labute approximate surface area is 169 Å².